The van der Waals surface area contributed by atoms with Crippen LogP contribution in [0, 0.1) is 6.92 Å². The topological polar surface area (TPSA) is 56.6 Å². The lowest BCUT2D eigenvalue weighted by Gasteiger charge is -2.28. The van der Waals surface area contributed by atoms with E-state index in [9.17, 15) is 0 Å². The number of benzene rings is 1. The van der Waals surface area contributed by atoms with Gasteiger partial charge in [0.1, 0.15) is 0 Å². The fraction of sp³-hybridized carbons (Fsp3) is 0.684. The standard InChI is InChI=1S/C19H26N2O4/c1-13-4-14(20(5-15-9-22-15)6-16-10-23-16)2-3-19(13)21(7-17-11-24-17)8-18-12-25-18/h2-4,15-18H,5-12H2,1H3. The second-order valence-corrected chi connectivity index (χ2v) is 7.60. The minimum atomic E-state index is 0.383. The first kappa shape index (κ1) is 15.9. The second-order valence-electron chi connectivity index (χ2n) is 7.60. The van der Waals surface area contributed by atoms with Crippen molar-refractivity contribution in [1.82, 2.24) is 0 Å². The van der Waals surface area contributed by atoms with Gasteiger partial charge in [0.25, 0.3) is 0 Å². The lowest BCUT2D eigenvalue weighted by molar-refractivity contribution is 0.388. The van der Waals surface area contributed by atoms with E-state index in [0.717, 1.165) is 52.6 Å². The Balaban J connectivity index is 1.33. The van der Waals surface area contributed by atoms with Crippen LogP contribution in [0.5, 0.6) is 0 Å². The number of hydrogen-bond donors (Lipinski definition) is 0. The Morgan fingerprint density at radius 1 is 0.760 bits per heavy atom. The van der Waals surface area contributed by atoms with Crippen LogP contribution in [0.2, 0.25) is 0 Å². The zero-order chi connectivity index (χ0) is 16.8. The van der Waals surface area contributed by atoms with E-state index >= 15 is 0 Å². The van der Waals surface area contributed by atoms with E-state index in [1.54, 1.807) is 0 Å². The van der Waals surface area contributed by atoms with Crippen LogP contribution in [0.1, 0.15) is 5.56 Å². The number of ether oxygens (including phenoxy) is 4. The summed E-state index contributed by atoms with van der Waals surface area (Å²) in [7, 11) is 0. The minimum absolute atomic E-state index is 0.383. The van der Waals surface area contributed by atoms with Gasteiger partial charge in [-0.2, -0.15) is 0 Å². The van der Waals surface area contributed by atoms with Crippen molar-refractivity contribution in [1.29, 1.82) is 0 Å². The van der Waals surface area contributed by atoms with Gasteiger partial charge in [-0.3, -0.25) is 0 Å². The molecule has 4 unspecified atom stereocenters. The Hall–Kier alpha value is -1.34. The number of epoxide rings is 4. The van der Waals surface area contributed by atoms with Crippen LogP contribution < -0.4 is 9.80 Å². The SMILES string of the molecule is Cc1cc(N(CC2CO2)CC2CO2)ccc1N(CC1CO1)CC1CO1. The molecule has 4 atom stereocenters. The molecule has 0 N–H and O–H groups in total. The monoisotopic (exact) mass is 346 g/mol. The molecule has 6 heteroatoms. The molecule has 0 bridgehead atoms. The molecule has 5 rings (SSSR count). The van der Waals surface area contributed by atoms with E-state index in [1.807, 2.05) is 0 Å². The van der Waals surface area contributed by atoms with E-state index < -0.39 is 0 Å². The Labute approximate surface area is 148 Å². The molecule has 4 heterocycles. The van der Waals surface area contributed by atoms with Crippen LogP contribution in [0.15, 0.2) is 18.2 Å². The predicted octanol–water partition coefficient (Wildman–Crippen LogP) is 1.20. The van der Waals surface area contributed by atoms with E-state index in [1.165, 1.54) is 16.9 Å². The Morgan fingerprint density at radius 3 is 1.60 bits per heavy atom. The third-order valence-electron chi connectivity index (χ3n) is 5.19. The predicted molar refractivity (Wildman–Crippen MR) is 94.6 cm³/mol. The van der Waals surface area contributed by atoms with Gasteiger partial charge in [0.2, 0.25) is 0 Å². The van der Waals surface area contributed by atoms with E-state index in [4.69, 9.17) is 18.9 Å². The van der Waals surface area contributed by atoms with Gasteiger partial charge in [0, 0.05) is 37.6 Å². The highest BCUT2D eigenvalue weighted by molar-refractivity contribution is 5.62. The van der Waals surface area contributed by atoms with Gasteiger partial charge in [-0.25, -0.2) is 0 Å². The highest BCUT2D eigenvalue weighted by atomic mass is 16.6. The largest absolute Gasteiger partial charge is 0.371 e. The van der Waals surface area contributed by atoms with Crippen molar-refractivity contribution in [2.45, 2.75) is 31.3 Å². The average Bonchev–Trinajstić information content (AvgIpc) is 3.44. The zero-order valence-corrected chi connectivity index (χ0v) is 14.7. The molecule has 0 aromatic heterocycles. The fourth-order valence-electron chi connectivity index (χ4n) is 3.42. The Morgan fingerprint density at radius 2 is 1.20 bits per heavy atom. The summed E-state index contributed by atoms with van der Waals surface area (Å²) in [5, 5.41) is 0. The van der Waals surface area contributed by atoms with Crippen LogP contribution in [-0.2, 0) is 18.9 Å². The molecule has 0 spiro atoms. The lowest BCUT2D eigenvalue weighted by Crippen LogP contribution is -2.33. The zero-order valence-electron chi connectivity index (χ0n) is 14.7. The summed E-state index contributed by atoms with van der Waals surface area (Å²) in [5.74, 6) is 0. The van der Waals surface area contributed by atoms with E-state index in [0.29, 0.717) is 24.4 Å². The van der Waals surface area contributed by atoms with Crippen molar-refractivity contribution in [3.63, 3.8) is 0 Å². The first-order chi connectivity index (χ1) is 12.2. The van der Waals surface area contributed by atoms with Crippen molar-refractivity contribution in [3.05, 3.63) is 23.8 Å². The van der Waals surface area contributed by atoms with Gasteiger partial charge in [-0.05, 0) is 30.7 Å². The molecular weight excluding hydrogens is 320 g/mol. The van der Waals surface area contributed by atoms with Crippen LogP contribution in [0.25, 0.3) is 0 Å². The number of nitrogens with zero attached hydrogens (tertiary/aromatic N) is 2. The van der Waals surface area contributed by atoms with Gasteiger partial charge < -0.3 is 28.7 Å². The van der Waals surface area contributed by atoms with Crippen molar-refractivity contribution in [2.24, 2.45) is 0 Å². The highest BCUT2D eigenvalue weighted by Gasteiger charge is 2.33. The maximum atomic E-state index is 5.45. The molecule has 0 amide bonds. The van der Waals surface area contributed by atoms with Crippen molar-refractivity contribution < 1.29 is 18.9 Å². The van der Waals surface area contributed by atoms with Gasteiger partial charge in [0.15, 0.2) is 0 Å². The summed E-state index contributed by atoms with van der Waals surface area (Å²) >= 11 is 0. The van der Waals surface area contributed by atoms with Crippen molar-refractivity contribution in [3.8, 4) is 0 Å². The molecule has 6 nitrogen and oxygen atoms in total. The number of hydrogen-bond acceptors (Lipinski definition) is 6. The minimum Gasteiger partial charge on any atom is -0.371 e. The normalized spacial score (nSPS) is 31.6. The fourth-order valence-corrected chi connectivity index (χ4v) is 3.42. The summed E-state index contributed by atoms with van der Waals surface area (Å²) in [6, 6.07) is 6.79. The first-order valence-electron chi connectivity index (χ1n) is 9.31. The molecule has 136 valence electrons. The van der Waals surface area contributed by atoms with Gasteiger partial charge in [-0.15, -0.1) is 0 Å². The molecule has 4 saturated heterocycles. The van der Waals surface area contributed by atoms with Gasteiger partial charge >= 0.3 is 0 Å². The Bertz CT molecular complexity index is 596. The molecule has 4 fully saturated rings. The molecule has 0 aliphatic carbocycles. The lowest BCUT2D eigenvalue weighted by atomic mass is 10.1. The maximum absolute atomic E-state index is 5.45. The summed E-state index contributed by atoms with van der Waals surface area (Å²) in [6.45, 7) is 9.55. The molecule has 0 saturated carbocycles. The molecule has 1 aromatic rings. The number of rotatable bonds is 10. The third-order valence-corrected chi connectivity index (χ3v) is 5.19. The van der Waals surface area contributed by atoms with E-state index in [-0.39, 0.29) is 0 Å². The summed E-state index contributed by atoms with van der Waals surface area (Å²) in [6.07, 6.45) is 1.53. The summed E-state index contributed by atoms with van der Waals surface area (Å²) < 4.78 is 21.8. The maximum Gasteiger partial charge on any atom is 0.0984 e. The smallest absolute Gasteiger partial charge is 0.0984 e. The average molecular weight is 346 g/mol. The summed E-state index contributed by atoms with van der Waals surface area (Å²) in [4.78, 5) is 4.83. The molecule has 4 aliphatic heterocycles. The van der Waals surface area contributed by atoms with Crippen LogP contribution >= 0.6 is 0 Å². The molecule has 4 aliphatic rings. The second kappa shape index (κ2) is 6.43. The quantitative estimate of drug-likeness (QED) is 0.594. The van der Waals surface area contributed by atoms with Crippen LogP contribution in [0.4, 0.5) is 11.4 Å². The molecular formula is C19H26N2O4. The third kappa shape index (κ3) is 4.26. The van der Waals surface area contributed by atoms with Gasteiger partial charge in [-0.1, -0.05) is 0 Å². The highest BCUT2D eigenvalue weighted by Crippen LogP contribution is 2.30. The van der Waals surface area contributed by atoms with Crippen LogP contribution in [0.3, 0.4) is 0 Å². The van der Waals surface area contributed by atoms with Crippen LogP contribution in [-0.4, -0.2) is 77.0 Å². The van der Waals surface area contributed by atoms with Crippen molar-refractivity contribution in [2.75, 3.05) is 62.4 Å². The number of aryl methyl sites for hydroxylation is 1. The summed E-state index contributed by atoms with van der Waals surface area (Å²) in [5.41, 5.74) is 3.86. The first-order valence-corrected chi connectivity index (χ1v) is 9.31. The Kier molecular flexibility index (Phi) is 4.08. The molecule has 25 heavy (non-hydrogen) atoms. The molecule has 0 radical (unpaired) electrons. The van der Waals surface area contributed by atoms with Gasteiger partial charge in [0.05, 0.1) is 50.8 Å². The van der Waals surface area contributed by atoms with E-state index in [2.05, 4.69) is 34.9 Å². The molecule has 1 aromatic carbocycles. The van der Waals surface area contributed by atoms with Crippen molar-refractivity contribution >= 4 is 11.4 Å². The number of anilines is 2.